The average molecular weight is 223 g/mol. The van der Waals surface area contributed by atoms with Crippen molar-refractivity contribution in [1.82, 2.24) is 5.32 Å². The van der Waals surface area contributed by atoms with Gasteiger partial charge in [-0.3, -0.25) is 4.79 Å². The first-order valence-corrected chi connectivity index (χ1v) is 4.47. The molecule has 0 fully saturated rings. The van der Waals surface area contributed by atoms with Crippen molar-refractivity contribution in [1.29, 1.82) is 0 Å². The number of aliphatic hydroxyl groups is 5. The van der Waals surface area contributed by atoms with E-state index in [0.717, 1.165) is 0 Å². The Morgan fingerprint density at radius 1 is 1.13 bits per heavy atom. The normalized spacial score (nSPS) is 19.1. The summed E-state index contributed by atoms with van der Waals surface area (Å²) in [7, 11) is 0. The molecule has 0 aliphatic heterocycles. The molecule has 7 heteroatoms. The van der Waals surface area contributed by atoms with Gasteiger partial charge < -0.3 is 30.8 Å². The molecule has 0 aromatic carbocycles. The van der Waals surface area contributed by atoms with E-state index in [2.05, 4.69) is 5.32 Å². The number of carbonyl (C=O) groups is 1. The van der Waals surface area contributed by atoms with Gasteiger partial charge >= 0.3 is 0 Å². The Labute approximate surface area is 87.0 Å². The number of carbonyl (C=O) groups excluding carboxylic acids is 1. The van der Waals surface area contributed by atoms with Crippen LogP contribution in [0.3, 0.4) is 0 Å². The van der Waals surface area contributed by atoms with Gasteiger partial charge in [-0.1, -0.05) is 0 Å². The fraction of sp³-hybridized carbons (Fsp3) is 0.875. The minimum Gasteiger partial charge on any atom is -0.394 e. The van der Waals surface area contributed by atoms with Crippen molar-refractivity contribution >= 4 is 5.91 Å². The zero-order valence-corrected chi connectivity index (χ0v) is 8.37. The molecule has 0 spiro atoms. The van der Waals surface area contributed by atoms with E-state index in [1.807, 2.05) is 0 Å². The highest BCUT2D eigenvalue weighted by Gasteiger charge is 2.29. The monoisotopic (exact) mass is 223 g/mol. The summed E-state index contributed by atoms with van der Waals surface area (Å²) in [6, 6.07) is 0. The van der Waals surface area contributed by atoms with Crippen molar-refractivity contribution in [2.24, 2.45) is 0 Å². The van der Waals surface area contributed by atoms with Crippen LogP contribution in [0.2, 0.25) is 0 Å². The second-order valence-electron chi connectivity index (χ2n) is 3.24. The van der Waals surface area contributed by atoms with Crippen LogP contribution >= 0.6 is 0 Å². The molecular weight excluding hydrogens is 206 g/mol. The molecule has 1 unspecified atom stereocenters. The van der Waals surface area contributed by atoms with Crippen LogP contribution in [0.15, 0.2) is 0 Å². The van der Waals surface area contributed by atoms with E-state index >= 15 is 0 Å². The number of rotatable bonds is 6. The van der Waals surface area contributed by atoms with Crippen LogP contribution in [-0.2, 0) is 4.79 Å². The molecule has 0 heterocycles. The molecule has 15 heavy (non-hydrogen) atoms. The van der Waals surface area contributed by atoms with Crippen LogP contribution in [0.5, 0.6) is 0 Å². The van der Waals surface area contributed by atoms with Crippen molar-refractivity contribution in [3.8, 4) is 0 Å². The van der Waals surface area contributed by atoms with E-state index in [0.29, 0.717) is 0 Å². The summed E-state index contributed by atoms with van der Waals surface area (Å²) >= 11 is 0. The molecule has 0 rings (SSSR count). The Morgan fingerprint density at radius 3 is 2.00 bits per heavy atom. The highest BCUT2D eigenvalue weighted by Crippen LogP contribution is 2.04. The first-order chi connectivity index (χ1) is 6.90. The fourth-order valence-electron chi connectivity index (χ4n) is 0.932. The summed E-state index contributed by atoms with van der Waals surface area (Å²) in [4.78, 5) is 10.5. The van der Waals surface area contributed by atoms with Gasteiger partial charge in [0, 0.05) is 13.5 Å². The van der Waals surface area contributed by atoms with Crippen LogP contribution in [0.1, 0.15) is 6.92 Å². The van der Waals surface area contributed by atoms with Gasteiger partial charge in [0.25, 0.3) is 0 Å². The highest BCUT2D eigenvalue weighted by molar-refractivity contribution is 5.72. The van der Waals surface area contributed by atoms with E-state index < -0.39 is 36.9 Å². The number of aliphatic hydroxyl groups excluding tert-OH is 5. The molecule has 1 amide bonds. The molecule has 0 aliphatic rings. The zero-order chi connectivity index (χ0) is 12.0. The lowest BCUT2D eigenvalue weighted by Gasteiger charge is -2.25. The quantitative estimate of drug-likeness (QED) is 0.278. The number of hydrogen-bond acceptors (Lipinski definition) is 6. The van der Waals surface area contributed by atoms with Gasteiger partial charge in [0.1, 0.15) is 18.3 Å². The van der Waals surface area contributed by atoms with Crippen LogP contribution in [0.4, 0.5) is 0 Å². The SMILES string of the molecule is CC(=O)NC[C@H](O)[C@@H](O)[C@H](O)C(O)CO. The van der Waals surface area contributed by atoms with Gasteiger partial charge in [0.05, 0.1) is 12.7 Å². The lowest BCUT2D eigenvalue weighted by molar-refractivity contribution is -0.124. The van der Waals surface area contributed by atoms with Crippen LogP contribution in [0, 0.1) is 0 Å². The van der Waals surface area contributed by atoms with Crippen molar-refractivity contribution in [2.75, 3.05) is 13.2 Å². The molecule has 90 valence electrons. The third kappa shape index (κ3) is 5.05. The molecule has 6 N–H and O–H groups in total. The van der Waals surface area contributed by atoms with E-state index in [4.69, 9.17) is 10.2 Å². The number of nitrogens with one attached hydrogen (secondary N) is 1. The third-order valence-electron chi connectivity index (χ3n) is 1.89. The molecule has 0 bridgehead atoms. The van der Waals surface area contributed by atoms with E-state index in [-0.39, 0.29) is 6.54 Å². The fourth-order valence-corrected chi connectivity index (χ4v) is 0.932. The second kappa shape index (κ2) is 6.70. The van der Waals surface area contributed by atoms with Gasteiger partial charge in [-0.25, -0.2) is 0 Å². The van der Waals surface area contributed by atoms with Crippen LogP contribution in [-0.4, -0.2) is 69.0 Å². The van der Waals surface area contributed by atoms with Crippen molar-refractivity contribution in [3.63, 3.8) is 0 Å². The third-order valence-corrected chi connectivity index (χ3v) is 1.89. The first-order valence-electron chi connectivity index (χ1n) is 4.47. The Bertz CT molecular complexity index is 200. The minimum atomic E-state index is -1.67. The summed E-state index contributed by atoms with van der Waals surface area (Å²) in [5, 5.41) is 47.4. The maximum absolute atomic E-state index is 10.5. The van der Waals surface area contributed by atoms with Crippen molar-refractivity contribution < 1.29 is 30.3 Å². The van der Waals surface area contributed by atoms with Crippen LogP contribution in [0.25, 0.3) is 0 Å². The van der Waals surface area contributed by atoms with E-state index in [1.165, 1.54) is 6.92 Å². The predicted octanol–water partition coefficient (Wildman–Crippen LogP) is -3.44. The highest BCUT2D eigenvalue weighted by atomic mass is 16.4. The maximum Gasteiger partial charge on any atom is 0.216 e. The first kappa shape index (κ1) is 14.3. The van der Waals surface area contributed by atoms with Gasteiger partial charge in [-0.15, -0.1) is 0 Å². The molecule has 0 saturated carbocycles. The molecule has 4 atom stereocenters. The van der Waals surface area contributed by atoms with Crippen molar-refractivity contribution in [2.45, 2.75) is 31.3 Å². The Hall–Kier alpha value is -0.730. The summed E-state index contributed by atoms with van der Waals surface area (Å²) in [6.45, 7) is 0.259. The minimum absolute atomic E-state index is 0.244. The summed E-state index contributed by atoms with van der Waals surface area (Å²) < 4.78 is 0. The van der Waals surface area contributed by atoms with Gasteiger partial charge in [-0.2, -0.15) is 0 Å². The zero-order valence-electron chi connectivity index (χ0n) is 8.37. The molecular formula is C8H17NO6. The molecule has 0 aliphatic carbocycles. The van der Waals surface area contributed by atoms with E-state index in [1.54, 1.807) is 0 Å². The summed E-state index contributed by atoms with van der Waals surface area (Å²) in [6.07, 6.45) is -6.25. The lowest BCUT2D eigenvalue weighted by Crippen LogP contribution is -2.49. The summed E-state index contributed by atoms with van der Waals surface area (Å²) in [5.41, 5.74) is 0. The average Bonchev–Trinajstić information content (AvgIpc) is 2.22. The molecule has 0 radical (unpaired) electrons. The maximum atomic E-state index is 10.5. The standard InChI is InChI=1S/C8H17NO6/c1-4(11)9-2-5(12)7(14)8(15)6(13)3-10/h5-8,10,12-15H,2-3H2,1H3,(H,9,11)/t5-,6?,7+,8+/m0/s1. The topological polar surface area (TPSA) is 130 Å². The predicted molar refractivity (Wildman–Crippen MR) is 49.8 cm³/mol. The largest absolute Gasteiger partial charge is 0.394 e. The Balaban J connectivity index is 4.06. The molecule has 0 aromatic heterocycles. The number of amides is 1. The Kier molecular flexibility index (Phi) is 6.37. The van der Waals surface area contributed by atoms with E-state index in [9.17, 15) is 20.1 Å². The summed E-state index contributed by atoms with van der Waals surface area (Å²) in [5.74, 6) is -0.390. The van der Waals surface area contributed by atoms with Gasteiger partial charge in [0.15, 0.2) is 0 Å². The molecule has 7 nitrogen and oxygen atoms in total. The lowest BCUT2D eigenvalue weighted by atomic mass is 10.0. The van der Waals surface area contributed by atoms with Crippen molar-refractivity contribution in [3.05, 3.63) is 0 Å². The smallest absolute Gasteiger partial charge is 0.216 e. The Morgan fingerprint density at radius 2 is 1.60 bits per heavy atom. The molecule has 0 saturated heterocycles. The second-order valence-corrected chi connectivity index (χ2v) is 3.24. The van der Waals surface area contributed by atoms with Gasteiger partial charge in [0.2, 0.25) is 5.91 Å². The van der Waals surface area contributed by atoms with Gasteiger partial charge in [-0.05, 0) is 0 Å². The molecule has 0 aromatic rings. The van der Waals surface area contributed by atoms with Crippen LogP contribution < -0.4 is 5.32 Å². The number of hydrogen-bond donors (Lipinski definition) is 6.